The number of aromatic nitrogens is 2. The lowest BCUT2D eigenvalue weighted by Gasteiger charge is -2.23. The number of likely N-dealkylation sites (tertiary alicyclic amines) is 1. The molecule has 3 aromatic rings. The van der Waals surface area contributed by atoms with E-state index in [1.54, 1.807) is 12.1 Å². The predicted molar refractivity (Wildman–Crippen MR) is 122 cm³/mol. The van der Waals surface area contributed by atoms with E-state index in [4.69, 9.17) is 0 Å². The van der Waals surface area contributed by atoms with Gasteiger partial charge in [0.1, 0.15) is 6.04 Å². The number of H-pyrrole nitrogens is 1. The Hall–Kier alpha value is -4.19. The van der Waals surface area contributed by atoms with Crippen molar-refractivity contribution in [2.75, 3.05) is 25.5 Å². The van der Waals surface area contributed by atoms with Crippen LogP contribution < -0.4 is 5.32 Å². The van der Waals surface area contributed by atoms with E-state index in [0.29, 0.717) is 11.2 Å². The number of hydrogen-bond donors (Lipinski definition) is 2. The van der Waals surface area contributed by atoms with Crippen LogP contribution in [0.1, 0.15) is 22.6 Å². The predicted octanol–water partition coefficient (Wildman–Crippen LogP) is 2.32. The van der Waals surface area contributed by atoms with Crippen molar-refractivity contribution < 1.29 is 14.4 Å². The molecule has 2 aromatic carbocycles. The van der Waals surface area contributed by atoms with Crippen molar-refractivity contribution in [2.45, 2.75) is 19.4 Å². The zero-order valence-electron chi connectivity index (χ0n) is 18.4. The zero-order chi connectivity index (χ0) is 23.5. The van der Waals surface area contributed by atoms with Crippen LogP contribution in [0.25, 0.3) is 11.0 Å². The van der Waals surface area contributed by atoms with Crippen LogP contribution in [0.15, 0.2) is 48.5 Å². The van der Waals surface area contributed by atoms with Gasteiger partial charge in [0.25, 0.3) is 5.91 Å². The van der Waals surface area contributed by atoms with E-state index in [2.05, 4.69) is 21.4 Å². The molecule has 2 atom stereocenters. The van der Waals surface area contributed by atoms with Crippen LogP contribution >= 0.6 is 0 Å². The quantitative estimate of drug-likeness (QED) is 0.625. The molecular formula is C24H24N6O3. The number of rotatable bonds is 5. The number of carbonyl (C=O) groups excluding carboxylic acids is 3. The normalized spacial score (nSPS) is 17.5. The first kappa shape index (κ1) is 22.0. The minimum absolute atomic E-state index is 0.127. The first-order chi connectivity index (χ1) is 15.9. The number of amides is 3. The topological polar surface area (TPSA) is 122 Å². The van der Waals surface area contributed by atoms with E-state index in [1.165, 1.54) is 16.8 Å². The van der Waals surface area contributed by atoms with Gasteiger partial charge in [0.05, 0.1) is 29.6 Å². The molecular weight excluding hydrogens is 420 g/mol. The van der Waals surface area contributed by atoms with Crippen LogP contribution in [0.4, 0.5) is 5.69 Å². The number of nitrogens with one attached hydrogen (secondary N) is 2. The van der Waals surface area contributed by atoms with Gasteiger partial charge in [-0.15, -0.1) is 0 Å². The Morgan fingerprint density at radius 1 is 1.21 bits per heavy atom. The molecule has 1 aromatic heterocycles. The summed E-state index contributed by atoms with van der Waals surface area (Å²) in [6, 6.07) is 16.0. The molecule has 0 spiro atoms. The van der Waals surface area contributed by atoms with Crippen LogP contribution in [0.2, 0.25) is 0 Å². The Balaban J connectivity index is 1.41. The summed E-state index contributed by atoms with van der Waals surface area (Å²) >= 11 is 0. The fourth-order valence-corrected chi connectivity index (χ4v) is 4.01. The number of nitriles is 1. The van der Waals surface area contributed by atoms with Gasteiger partial charge in [0, 0.05) is 19.3 Å². The van der Waals surface area contributed by atoms with Crippen molar-refractivity contribution in [1.29, 1.82) is 5.26 Å². The van der Waals surface area contributed by atoms with E-state index in [1.807, 2.05) is 43.3 Å². The fourth-order valence-electron chi connectivity index (χ4n) is 4.01. The summed E-state index contributed by atoms with van der Waals surface area (Å²) in [5, 5.41) is 12.4. The van der Waals surface area contributed by atoms with Gasteiger partial charge < -0.3 is 20.1 Å². The zero-order valence-corrected chi connectivity index (χ0v) is 18.4. The van der Waals surface area contributed by atoms with Crippen LogP contribution in [-0.4, -0.2) is 63.7 Å². The molecule has 4 rings (SSSR count). The van der Waals surface area contributed by atoms with Crippen LogP contribution in [0, 0.1) is 24.2 Å². The summed E-state index contributed by atoms with van der Waals surface area (Å²) in [6.45, 7) is 1.81. The van der Waals surface area contributed by atoms with Gasteiger partial charge in [0.15, 0.2) is 5.82 Å². The Labute approximate surface area is 191 Å². The third-order valence-electron chi connectivity index (χ3n) is 5.82. The van der Waals surface area contributed by atoms with Crippen molar-refractivity contribution in [2.24, 2.45) is 5.92 Å². The second-order valence-electron chi connectivity index (χ2n) is 8.20. The molecule has 3 amide bonds. The minimum atomic E-state index is -0.721. The summed E-state index contributed by atoms with van der Waals surface area (Å²) in [5.74, 6) is -1.41. The van der Waals surface area contributed by atoms with E-state index in [-0.39, 0.29) is 37.1 Å². The monoisotopic (exact) mass is 444 g/mol. The highest BCUT2D eigenvalue weighted by molar-refractivity contribution is 5.97. The second-order valence-corrected chi connectivity index (χ2v) is 8.20. The summed E-state index contributed by atoms with van der Waals surface area (Å²) in [5.41, 5.74) is 3.05. The largest absolute Gasteiger partial charge is 0.334 e. The molecule has 0 radical (unpaired) electrons. The Kier molecular flexibility index (Phi) is 6.09. The van der Waals surface area contributed by atoms with Gasteiger partial charge in [0.2, 0.25) is 11.8 Å². The highest BCUT2D eigenvalue weighted by Gasteiger charge is 2.39. The summed E-state index contributed by atoms with van der Waals surface area (Å²) < 4.78 is 0. The molecule has 1 saturated heterocycles. The van der Waals surface area contributed by atoms with Gasteiger partial charge in [-0.05, 0) is 37.1 Å². The maximum absolute atomic E-state index is 12.9. The fraction of sp³-hybridized carbons (Fsp3) is 0.292. The van der Waals surface area contributed by atoms with Gasteiger partial charge >= 0.3 is 0 Å². The number of carbonyl (C=O) groups is 3. The van der Waals surface area contributed by atoms with E-state index < -0.39 is 17.9 Å². The van der Waals surface area contributed by atoms with Crippen molar-refractivity contribution >= 4 is 34.4 Å². The number of fused-ring (bicyclic) bond motifs is 1. The molecule has 2 N–H and O–H groups in total. The number of para-hydroxylation sites is 2. The first-order valence-electron chi connectivity index (χ1n) is 10.6. The molecule has 2 unspecified atom stereocenters. The standard InChI is InChI=1S/C24H24N6O3/c1-15-7-6-10-19-21(15)28-22(27-19)24(33)29(2)14-20(31)30-13-16(11-18(30)12-25)23(32)26-17-8-4-3-5-9-17/h3-10,16,18H,11,13-14H2,1-2H3,(H,26,32)(H,27,28). The number of anilines is 1. The Bertz CT molecular complexity index is 1250. The number of aromatic amines is 1. The lowest BCUT2D eigenvalue weighted by atomic mass is 10.1. The van der Waals surface area contributed by atoms with Crippen LogP contribution in [-0.2, 0) is 9.59 Å². The molecule has 9 heteroatoms. The Morgan fingerprint density at radius 3 is 2.67 bits per heavy atom. The minimum Gasteiger partial charge on any atom is -0.334 e. The average Bonchev–Trinajstić information content (AvgIpc) is 3.44. The molecule has 2 heterocycles. The van der Waals surface area contributed by atoms with E-state index in [0.717, 1.165) is 11.1 Å². The van der Waals surface area contributed by atoms with Crippen molar-refractivity contribution in [1.82, 2.24) is 19.8 Å². The average molecular weight is 444 g/mol. The molecule has 9 nitrogen and oxygen atoms in total. The third kappa shape index (κ3) is 4.55. The van der Waals surface area contributed by atoms with Gasteiger partial charge in [-0.25, -0.2) is 4.98 Å². The lowest BCUT2D eigenvalue weighted by molar-refractivity contribution is -0.131. The van der Waals surface area contributed by atoms with E-state index in [9.17, 15) is 19.6 Å². The third-order valence-corrected chi connectivity index (χ3v) is 5.82. The van der Waals surface area contributed by atoms with Gasteiger partial charge in [-0.1, -0.05) is 30.3 Å². The van der Waals surface area contributed by atoms with Crippen LogP contribution in [0.3, 0.4) is 0 Å². The lowest BCUT2D eigenvalue weighted by Crippen LogP contribution is -2.43. The summed E-state index contributed by atoms with van der Waals surface area (Å²) in [7, 11) is 1.51. The maximum atomic E-state index is 12.9. The van der Waals surface area contributed by atoms with Gasteiger partial charge in [-0.2, -0.15) is 5.26 Å². The maximum Gasteiger partial charge on any atom is 0.289 e. The smallest absolute Gasteiger partial charge is 0.289 e. The summed E-state index contributed by atoms with van der Waals surface area (Å²) in [4.78, 5) is 48.4. The molecule has 1 aliphatic rings. The summed E-state index contributed by atoms with van der Waals surface area (Å²) in [6.07, 6.45) is 0.251. The number of likely N-dealkylation sites (N-methyl/N-ethyl adjacent to an activating group) is 1. The van der Waals surface area contributed by atoms with Crippen molar-refractivity contribution in [3.63, 3.8) is 0 Å². The molecule has 1 fully saturated rings. The van der Waals surface area contributed by atoms with Crippen molar-refractivity contribution in [3.05, 3.63) is 59.9 Å². The number of benzene rings is 2. The molecule has 33 heavy (non-hydrogen) atoms. The molecule has 0 saturated carbocycles. The number of hydrogen-bond acceptors (Lipinski definition) is 5. The highest BCUT2D eigenvalue weighted by Crippen LogP contribution is 2.25. The van der Waals surface area contributed by atoms with Crippen molar-refractivity contribution in [3.8, 4) is 6.07 Å². The SMILES string of the molecule is Cc1cccc2[nH]c(C(=O)N(C)CC(=O)N3CC(C(=O)Nc4ccccc4)CC3C#N)nc12. The first-order valence-corrected chi connectivity index (χ1v) is 10.6. The number of aryl methyl sites for hydroxylation is 1. The number of imidazole rings is 1. The Morgan fingerprint density at radius 2 is 1.97 bits per heavy atom. The van der Waals surface area contributed by atoms with E-state index >= 15 is 0 Å². The highest BCUT2D eigenvalue weighted by atomic mass is 16.2. The molecule has 1 aliphatic heterocycles. The van der Waals surface area contributed by atoms with Gasteiger partial charge in [-0.3, -0.25) is 14.4 Å². The van der Waals surface area contributed by atoms with Crippen LogP contribution in [0.5, 0.6) is 0 Å². The molecule has 0 aliphatic carbocycles. The molecule has 0 bridgehead atoms. The second kappa shape index (κ2) is 9.12. The molecule has 168 valence electrons. The number of nitrogens with zero attached hydrogens (tertiary/aromatic N) is 4.